The van der Waals surface area contributed by atoms with Crippen LogP contribution in [0, 0.1) is 0 Å². The van der Waals surface area contributed by atoms with Crippen LogP contribution in [-0.2, 0) is 9.53 Å². The van der Waals surface area contributed by atoms with Gasteiger partial charge in [-0.05, 0) is 29.0 Å². The highest BCUT2D eigenvalue weighted by molar-refractivity contribution is 5.97. The molecule has 2 rings (SSSR count). The third kappa shape index (κ3) is 5.63. The molecule has 8 nitrogen and oxygen atoms in total. The molecule has 2 aromatic carbocycles. The second-order valence-corrected chi connectivity index (χ2v) is 7.85. The van der Waals surface area contributed by atoms with Crippen molar-refractivity contribution in [3.8, 4) is 23.0 Å². The molecule has 0 aliphatic carbocycles. The molecule has 32 heavy (non-hydrogen) atoms. The van der Waals surface area contributed by atoms with Crippen molar-refractivity contribution in [2.75, 3.05) is 33.3 Å². The molecule has 0 aromatic heterocycles. The quantitative estimate of drug-likeness (QED) is 0.549. The summed E-state index contributed by atoms with van der Waals surface area (Å²) < 4.78 is 20.9. The van der Waals surface area contributed by atoms with Gasteiger partial charge >= 0.3 is 5.97 Å². The van der Waals surface area contributed by atoms with Crippen molar-refractivity contribution in [2.24, 2.45) is 0 Å². The maximum absolute atomic E-state index is 12.6. The Kier molecular flexibility index (Phi) is 8.34. The van der Waals surface area contributed by atoms with E-state index in [1.165, 1.54) is 21.3 Å². The number of anilines is 1. The van der Waals surface area contributed by atoms with Crippen LogP contribution < -0.4 is 19.5 Å². The van der Waals surface area contributed by atoms with Gasteiger partial charge in [0.25, 0.3) is 5.91 Å². The van der Waals surface area contributed by atoms with Gasteiger partial charge in [0, 0.05) is 17.8 Å². The molecule has 0 aliphatic heterocycles. The Labute approximate surface area is 188 Å². The third-order valence-electron chi connectivity index (χ3n) is 4.95. The van der Waals surface area contributed by atoms with Crippen LogP contribution in [-0.4, -0.2) is 44.9 Å². The lowest BCUT2D eigenvalue weighted by atomic mass is 9.92. The molecule has 0 saturated heterocycles. The largest absolute Gasteiger partial charge is 0.507 e. The summed E-state index contributed by atoms with van der Waals surface area (Å²) in [5.41, 5.74) is 1.98. The molecule has 0 saturated carbocycles. The summed E-state index contributed by atoms with van der Waals surface area (Å²) in [5, 5.41) is 13.2. The Balaban J connectivity index is 2.16. The highest BCUT2D eigenvalue weighted by Crippen LogP contribution is 2.40. The molecule has 8 heteroatoms. The van der Waals surface area contributed by atoms with Gasteiger partial charge in [0.2, 0.25) is 5.75 Å². The van der Waals surface area contributed by atoms with E-state index in [4.69, 9.17) is 18.9 Å². The highest BCUT2D eigenvalue weighted by atomic mass is 16.5. The van der Waals surface area contributed by atoms with E-state index in [0.29, 0.717) is 28.5 Å². The fourth-order valence-corrected chi connectivity index (χ4v) is 3.17. The molecule has 0 fully saturated rings. The maximum atomic E-state index is 12.6. The number of esters is 1. The minimum absolute atomic E-state index is 0.0172. The smallest absolute Gasteiger partial charge is 0.342 e. The summed E-state index contributed by atoms with van der Waals surface area (Å²) in [6.45, 7) is 7.32. The number of nitrogens with one attached hydrogen (secondary N) is 1. The first kappa shape index (κ1) is 24.8. The molecule has 0 unspecified atom stereocenters. The molecule has 0 radical (unpaired) electrons. The third-order valence-corrected chi connectivity index (χ3v) is 4.95. The molecule has 0 atom stereocenters. The molecule has 0 heterocycles. The van der Waals surface area contributed by atoms with Crippen LogP contribution in [0.15, 0.2) is 24.3 Å². The summed E-state index contributed by atoms with van der Waals surface area (Å²) >= 11 is 0. The minimum Gasteiger partial charge on any atom is -0.507 e. The van der Waals surface area contributed by atoms with Crippen molar-refractivity contribution >= 4 is 17.6 Å². The number of benzene rings is 2. The number of ether oxygens (including phenoxy) is 4. The predicted octanol–water partition coefficient (Wildman–Crippen LogP) is 4.46. The second-order valence-electron chi connectivity index (χ2n) is 7.85. The molecule has 0 aliphatic rings. The van der Waals surface area contributed by atoms with E-state index in [9.17, 15) is 14.7 Å². The number of amides is 1. The Morgan fingerprint density at radius 2 is 1.50 bits per heavy atom. The number of carbonyl (C=O) groups is 2. The van der Waals surface area contributed by atoms with Crippen molar-refractivity contribution in [1.82, 2.24) is 0 Å². The first-order chi connectivity index (χ1) is 15.1. The normalized spacial score (nSPS) is 10.8. The SMILES string of the molecule is COc1cc(NC(=O)COC(=O)c2cc(C(C)C)cc(C(C)C)c2O)cc(OC)c1OC. The van der Waals surface area contributed by atoms with Crippen molar-refractivity contribution in [1.29, 1.82) is 0 Å². The summed E-state index contributed by atoms with van der Waals surface area (Å²) in [6.07, 6.45) is 0. The molecular weight excluding hydrogens is 414 g/mol. The lowest BCUT2D eigenvalue weighted by Gasteiger charge is -2.17. The summed E-state index contributed by atoms with van der Waals surface area (Å²) in [7, 11) is 4.41. The van der Waals surface area contributed by atoms with E-state index in [1.54, 1.807) is 18.2 Å². The van der Waals surface area contributed by atoms with E-state index in [0.717, 1.165) is 5.56 Å². The average Bonchev–Trinajstić information content (AvgIpc) is 2.76. The van der Waals surface area contributed by atoms with Crippen LogP contribution >= 0.6 is 0 Å². The predicted molar refractivity (Wildman–Crippen MR) is 121 cm³/mol. The van der Waals surface area contributed by atoms with Gasteiger partial charge in [-0.2, -0.15) is 0 Å². The first-order valence-corrected chi connectivity index (χ1v) is 10.3. The van der Waals surface area contributed by atoms with E-state index < -0.39 is 18.5 Å². The van der Waals surface area contributed by atoms with Gasteiger partial charge in [0.1, 0.15) is 11.3 Å². The van der Waals surface area contributed by atoms with Crippen molar-refractivity contribution in [2.45, 2.75) is 39.5 Å². The Bertz CT molecular complexity index is 958. The average molecular weight is 446 g/mol. The van der Waals surface area contributed by atoms with Crippen LogP contribution in [0.4, 0.5) is 5.69 Å². The Hall–Kier alpha value is -3.42. The molecule has 174 valence electrons. The molecule has 0 bridgehead atoms. The lowest BCUT2D eigenvalue weighted by Crippen LogP contribution is -2.21. The lowest BCUT2D eigenvalue weighted by molar-refractivity contribution is -0.119. The number of methoxy groups -OCH3 is 3. The van der Waals surface area contributed by atoms with E-state index >= 15 is 0 Å². The fourth-order valence-electron chi connectivity index (χ4n) is 3.17. The number of hydrogen-bond acceptors (Lipinski definition) is 7. The molecule has 2 N–H and O–H groups in total. The first-order valence-electron chi connectivity index (χ1n) is 10.3. The van der Waals surface area contributed by atoms with Crippen molar-refractivity contribution in [3.05, 3.63) is 41.0 Å². The van der Waals surface area contributed by atoms with Gasteiger partial charge in [0.15, 0.2) is 18.1 Å². The van der Waals surface area contributed by atoms with Crippen LogP contribution in [0.2, 0.25) is 0 Å². The molecule has 2 aromatic rings. The summed E-state index contributed by atoms with van der Waals surface area (Å²) in [6, 6.07) is 6.62. The van der Waals surface area contributed by atoms with Crippen LogP contribution in [0.1, 0.15) is 61.0 Å². The zero-order valence-electron chi connectivity index (χ0n) is 19.6. The van der Waals surface area contributed by atoms with Gasteiger partial charge < -0.3 is 29.4 Å². The summed E-state index contributed by atoms with van der Waals surface area (Å²) in [5.74, 6) is -0.151. The fraction of sp³-hybridized carbons (Fsp3) is 0.417. The van der Waals surface area contributed by atoms with Crippen molar-refractivity contribution < 1.29 is 33.6 Å². The van der Waals surface area contributed by atoms with Gasteiger partial charge in [-0.15, -0.1) is 0 Å². The Morgan fingerprint density at radius 3 is 1.97 bits per heavy atom. The molecular formula is C24H31NO7. The maximum Gasteiger partial charge on any atom is 0.342 e. The number of hydrogen-bond donors (Lipinski definition) is 2. The zero-order chi connectivity index (χ0) is 24.0. The highest BCUT2D eigenvalue weighted by Gasteiger charge is 2.21. The Morgan fingerprint density at radius 1 is 0.906 bits per heavy atom. The number of aromatic hydroxyl groups is 1. The minimum atomic E-state index is -0.771. The number of carbonyl (C=O) groups excluding carboxylic acids is 2. The van der Waals surface area contributed by atoms with Crippen molar-refractivity contribution in [3.63, 3.8) is 0 Å². The van der Waals surface area contributed by atoms with Gasteiger partial charge in [-0.1, -0.05) is 33.8 Å². The van der Waals surface area contributed by atoms with Gasteiger partial charge in [-0.25, -0.2) is 4.79 Å². The van der Waals surface area contributed by atoms with Crippen LogP contribution in [0.3, 0.4) is 0 Å². The zero-order valence-corrected chi connectivity index (χ0v) is 19.6. The number of phenols is 1. The molecule has 1 amide bonds. The standard InChI is InChI=1S/C24H31NO7/c1-13(2)15-8-17(14(3)4)22(27)18(9-15)24(28)32-12-21(26)25-16-10-19(29-5)23(31-7)20(11-16)30-6/h8-11,13-14,27H,12H2,1-7H3,(H,25,26). The monoisotopic (exact) mass is 445 g/mol. The van der Waals surface area contributed by atoms with E-state index in [2.05, 4.69) is 5.32 Å². The van der Waals surface area contributed by atoms with E-state index in [1.807, 2.05) is 33.8 Å². The number of rotatable bonds is 9. The van der Waals surface area contributed by atoms with E-state index in [-0.39, 0.29) is 23.1 Å². The summed E-state index contributed by atoms with van der Waals surface area (Å²) in [4.78, 5) is 25.0. The van der Waals surface area contributed by atoms with Gasteiger partial charge in [0.05, 0.1) is 21.3 Å². The second kappa shape index (κ2) is 10.7. The topological polar surface area (TPSA) is 103 Å². The van der Waals surface area contributed by atoms with Crippen LogP contribution in [0.5, 0.6) is 23.0 Å². The number of phenolic OH excluding ortho intramolecular Hbond substituents is 1. The van der Waals surface area contributed by atoms with Gasteiger partial charge in [-0.3, -0.25) is 4.79 Å². The molecule has 0 spiro atoms. The van der Waals surface area contributed by atoms with Crippen LogP contribution in [0.25, 0.3) is 0 Å².